The number of carbonyl (C=O) groups is 1. The van der Waals surface area contributed by atoms with Gasteiger partial charge in [-0.2, -0.15) is 0 Å². The largest absolute Gasteiger partial charge is 0.494 e. The van der Waals surface area contributed by atoms with Crippen molar-refractivity contribution in [2.45, 2.75) is 13.5 Å². The van der Waals surface area contributed by atoms with E-state index in [9.17, 15) is 9.18 Å². The first-order valence-corrected chi connectivity index (χ1v) is 6.81. The second-order valence-corrected chi connectivity index (χ2v) is 4.94. The topological polar surface area (TPSA) is 42.7 Å². The van der Waals surface area contributed by atoms with E-state index in [-0.39, 0.29) is 11.7 Å². The van der Waals surface area contributed by atoms with Crippen molar-refractivity contribution in [3.05, 3.63) is 59.3 Å². The number of halogens is 1. The van der Waals surface area contributed by atoms with Gasteiger partial charge in [0.2, 0.25) is 5.91 Å². The van der Waals surface area contributed by atoms with Crippen molar-refractivity contribution in [1.29, 1.82) is 0 Å². The van der Waals surface area contributed by atoms with Gasteiger partial charge in [0.1, 0.15) is 11.5 Å². The molecular formula is C17H18FNO3. The number of nitrogens with zero attached hydrogens (tertiary/aromatic N) is 1. The summed E-state index contributed by atoms with van der Waals surface area (Å²) >= 11 is 0. The SMILES string of the molecule is COc1ccc(CN(C)C(=O)C=Cc2ccc(C)o2)cc1F. The number of amides is 1. The summed E-state index contributed by atoms with van der Waals surface area (Å²) in [5.74, 6) is 0.961. The molecule has 2 rings (SSSR count). The van der Waals surface area contributed by atoms with Gasteiger partial charge in [-0.1, -0.05) is 6.07 Å². The van der Waals surface area contributed by atoms with Crippen LogP contribution in [0, 0.1) is 12.7 Å². The van der Waals surface area contributed by atoms with Crippen LogP contribution in [-0.4, -0.2) is 25.0 Å². The number of rotatable bonds is 5. The standard InChI is InChI=1S/C17H18FNO3/c1-12-4-6-14(22-12)7-9-17(20)19(2)11-13-5-8-16(21-3)15(18)10-13/h4-10H,11H2,1-3H3. The number of hydrogen-bond acceptors (Lipinski definition) is 3. The predicted molar refractivity (Wildman–Crippen MR) is 81.9 cm³/mol. The number of aryl methyl sites for hydroxylation is 1. The van der Waals surface area contributed by atoms with E-state index in [1.165, 1.54) is 24.2 Å². The molecule has 0 saturated carbocycles. The first-order chi connectivity index (χ1) is 10.5. The maximum absolute atomic E-state index is 13.6. The van der Waals surface area contributed by atoms with Crippen LogP contribution in [0.1, 0.15) is 17.1 Å². The Labute approximate surface area is 128 Å². The average Bonchev–Trinajstić information content (AvgIpc) is 2.90. The average molecular weight is 303 g/mol. The molecule has 0 N–H and O–H groups in total. The molecule has 5 heteroatoms. The van der Waals surface area contributed by atoms with Gasteiger partial charge in [0.15, 0.2) is 11.6 Å². The molecule has 0 atom stereocenters. The normalized spacial score (nSPS) is 10.9. The van der Waals surface area contributed by atoms with E-state index in [0.717, 1.165) is 5.76 Å². The zero-order chi connectivity index (χ0) is 16.1. The van der Waals surface area contributed by atoms with Crippen molar-refractivity contribution in [2.75, 3.05) is 14.2 Å². The third-order valence-electron chi connectivity index (χ3n) is 3.16. The van der Waals surface area contributed by atoms with Crippen molar-refractivity contribution >= 4 is 12.0 Å². The molecule has 0 aliphatic heterocycles. The summed E-state index contributed by atoms with van der Waals surface area (Å²) in [5.41, 5.74) is 0.691. The third-order valence-corrected chi connectivity index (χ3v) is 3.16. The van der Waals surface area contributed by atoms with Crippen LogP contribution >= 0.6 is 0 Å². The molecule has 4 nitrogen and oxygen atoms in total. The van der Waals surface area contributed by atoms with Crippen molar-refractivity contribution in [3.63, 3.8) is 0 Å². The molecule has 2 aromatic rings. The second kappa shape index (κ2) is 6.93. The van der Waals surface area contributed by atoms with E-state index < -0.39 is 5.82 Å². The van der Waals surface area contributed by atoms with E-state index in [4.69, 9.17) is 9.15 Å². The Kier molecular flexibility index (Phi) is 4.99. The Bertz CT molecular complexity index is 691. The summed E-state index contributed by atoms with van der Waals surface area (Å²) in [6.45, 7) is 2.14. The molecule has 0 fully saturated rings. The van der Waals surface area contributed by atoms with Crippen LogP contribution < -0.4 is 4.74 Å². The molecule has 0 aliphatic carbocycles. The van der Waals surface area contributed by atoms with E-state index in [0.29, 0.717) is 17.9 Å². The Morgan fingerprint density at radius 2 is 2.14 bits per heavy atom. The van der Waals surface area contributed by atoms with Gasteiger partial charge >= 0.3 is 0 Å². The molecule has 1 amide bonds. The molecule has 1 heterocycles. The lowest BCUT2D eigenvalue weighted by Crippen LogP contribution is -2.24. The molecule has 116 valence electrons. The fraction of sp³-hybridized carbons (Fsp3) is 0.235. The van der Waals surface area contributed by atoms with E-state index in [1.807, 2.05) is 13.0 Å². The Morgan fingerprint density at radius 1 is 1.36 bits per heavy atom. The number of hydrogen-bond donors (Lipinski definition) is 0. The number of methoxy groups -OCH3 is 1. The smallest absolute Gasteiger partial charge is 0.246 e. The Balaban J connectivity index is 1.99. The van der Waals surface area contributed by atoms with Crippen LogP contribution in [0.3, 0.4) is 0 Å². The fourth-order valence-corrected chi connectivity index (χ4v) is 1.98. The van der Waals surface area contributed by atoms with Gasteiger partial charge in [0, 0.05) is 19.7 Å². The maximum atomic E-state index is 13.6. The molecule has 0 bridgehead atoms. The van der Waals surface area contributed by atoms with Gasteiger partial charge in [-0.25, -0.2) is 4.39 Å². The summed E-state index contributed by atoms with van der Waals surface area (Å²) in [6, 6.07) is 8.25. The minimum absolute atomic E-state index is 0.186. The van der Waals surface area contributed by atoms with Crippen LogP contribution in [0.25, 0.3) is 6.08 Å². The molecule has 0 saturated heterocycles. The van der Waals surface area contributed by atoms with Crippen LogP contribution in [0.4, 0.5) is 4.39 Å². The van der Waals surface area contributed by atoms with E-state index >= 15 is 0 Å². The van der Waals surface area contributed by atoms with Gasteiger partial charge in [-0.15, -0.1) is 0 Å². The third kappa shape index (κ3) is 3.97. The van der Waals surface area contributed by atoms with Crippen LogP contribution in [0.15, 0.2) is 40.8 Å². The first kappa shape index (κ1) is 15.8. The molecule has 0 unspecified atom stereocenters. The summed E-state index contributed by atoms with van der Waals surface area (Å²) in [6.07, 6.45) is 3.04. The van der Waals surface area contributed by atoms with Gasteiger partial charge in [-0.3, -0.25) is 4.79 Å². The zero-order valence-electron chi connectivity index (χ0n) is 12.8. The molecule has 22 heavy (non-hydrogen) atoms. The van der Waals surface area contributed by atoms with E-state index in [2.05, 4.69) is 0 Å². The molecular weight excluding hydrogens is 285 g/mol. The van der Waals surface area contributed by atoms with Gasteiger partial charge in [0.05, 0.1) is 7.11 Å². The maximum Gasteiger partial charge on any atom is 0.246 e. The van der Waals surface area contributed by atoms with Crippen LogP contribution in [0.5, 0.6) is 5.75 Å². The van der Waals surface area contributed by atoms with Crippen LogP contribution in [-0.2, 0) is 11.3 Å². The van der Waals surface area contributed by atoms with E-state index in [1.54, 1.807) is 31.3 Å². The number of ether oxygens (including phenoxy) is 1. The number of benzene rings is 1. The Morgan fingerprint density at radius 3 is 2.73 bits per heavy atom. The second-order valence-electron chi connectivity index (χ2n) is 4.94. The fourth-order valence-electron chi connectivity index (χ4n) is 1.98. The molecule has 0 spiro atoms. The molecule has 0 radical (unpaired) electrons. The van der Waals surface area contributed by atoms with Crippen molar-refractivity contribution in [3.8, 4) is 5.75 Å². The summed E-state index contributed by atoms with van der Waals surface area (Å²) in [7, 11) is 3.07. The predicted octanol–water partition coefficient (Wildman–Crippen LogP) is 3.41. The number of furan rings is 1. The van der Waals surface area contributed by atoms with Crippen molar-refractivity contribution < 1.29 is 18.3 Å². The van der Waals surface area contributed by atoms with Crippen molar-refractivity contribution in [2.24, 2.45) is 0 Å². The van der Waals surface area contributed by atoms with Gasteiger partial charge in [0.25, 0.3) is 0 Å². The monoisotopic (exact) mass is 303 g/mol. The quantitative estimate of drug-likeness (QED) is 0.795. The molecule has 0 aliphatic rings. The summed E-state index contributed by atoms with van der Waals surface area (Å²) in [5, 5.41) is 0. The zero-order valence-corrected chi connectivity index (χ0v) is 12.8. The van der Waals surface area contributed by atoms with Gasteiger partial charge < -0.3 is 14.1 Å². The molecule has 1 aromatic carbocycles. The highest BCUT2D eigenvalue weighted by Crippen LogP contribution is 2.18. The lowest BCUT2D eigenvalue weighted by molar-refractivity contribution is -0.125. The summed E-state index contributed by atoms with van der Waals surface area (Å²) in [4.78, 5) is 13.5. The first-order valence-electron chi connectivity index (χ1n) is 6.81. The lowest BCUT2D eigenvalue weighted by atomic mass is 10.2. The number of carbonyl (C=O) groups excluding carboxylic acids is 1. The highest BCUT2D eigenvalue weighted by Gasteiger charge is 2.09. The Hall–Kier alpha value is -2.56. The number of likely N-dealkylation sites (N-methyl/N-ethyl adjacent to an activating group) is 1. The highest BCUT2D eigenvalue weighted by atomic mass is 19.1. The highest BCUT2D eigenvalue weighted by molar-refractivity contribution is 5.91. The molecule has 1 aromatic heterocycles. The lowest BCUT2D eigenvalue weighted by Gasteiger charge is -2.15. The minimum atomic E-state index is -0.442. The van der Waals surface area contributed by atoms with Crippen molar-refractivity contribution in [1.82, 2.24) is 4.90 Å². The summed E-state index contributed by atoms with van der Waals surface area (Å²) < 4.78 is 23.8. The van der Waals surface area contributed by atoms with Crippen LogP contribution in [0.2, 0.25) is 0 Å². The van der Waals surface area contributed by atoms with Gasteiger partial charge in [-0.05, 0) is 42.8 Å². The minimum Gasteiger partial charge on any atom is -0.494 e.